The molecular formula is C15H16BrNO2S. The highest BCUT2D eigenvalue weighted by atomic mass is 79.9. The molecule has 0 fully saturated rings. The van der Waals surface area contributed by atoms with Gasteiger partial charge < -0.3 is 4.74 Å². The van der Waals surface area contributed by atoms with Crippen LogP contribution in [0.3, 0.4) is 0 Å². The Morgan fingerprint density at radius 3 is 3.05 bits per heavy atom. The van der Waals surface area contributed by atoms with E-state index in [9.17, 15) is 4.79 Å². The molecule has 106 valence electrons. The molecule has 1 aromatic carbocycles. The Balaban J connectivity index is 1.90. The second-order valence-corrected chi connectivity index (χ2v) is 6.20. The van der Waals surface area contributed by atoms with Crippen molar-refractivity contribution in [1.29, 1.82) is 0 Å². The third-order valence-corrected chi connectivity index (χ3v) is 4.13. The summed E-state index contributed by atoms with van der Waals surface area (Å²) < 4.78 is 5.99. The molecule has 0 atom stereocenters. The molecule has 1 heterocycles. The number of esters is 1. The fourth-order valence-electron chi connectivity index (χ4n) is 1.83. The van der Waals surface area contributed by atoms with Gasteiger partial charge in [-0.1, -0.05) is 28.1 Å². The summed E-state index contributed by atoms with van der Waals surface area (Å²) in [5.74, 6) is -0.158. The predicted molar refractivity (Wildman–Crippen MR) is 84.0 cm³/mol. The largest absolute Gasteiger partial charge is 0.466 e. The molecule has 2 aromatic rings. The number of nitrogens with zero attached hydrogens (tertiary/aromatic N) is 1. The first kappa shape index (κ1) is 15.2. The summed E-state index contributed by atoms with van der Waals surface area (Å²) >= 11 is 5.10. The van der Waals surface area contributed by atoms with Crippen molar-refractivity contribution in [3.05, 3.63) is 50.4 Å². The van der Waals surface area contributed by atoms with Gasteiger partial charge in [-0.05, 0) is 24.6 Å². The number of aromatic nitrogens is 1. The number of halogens is 1. The van der Waals surface area contributed by atoms with Crippen molar-refractivity contribution in [2.75, 3.05) is 6.61 Å². The highest BCUT2D eigenvalue weighted by Gasteiger charge is 2.07. The molecule has 0 bridgehead atoms. The summed E-state index contributed by atoms with van der Waals surface area (Å²) in [6.45, 7) is 2.25. The Bertz CT molecular complexity index is 583. The van der Waals surface area contributed by atoms with Crippen LogP contribution < -0.4 is 0 Å². The van der Waals surface area contributed by atoms with Gasteiger partial charge in [-0.2, -0.15) is 0 Å². The molecule has 0 amide bonds. The number of carbonyl (C=O) groups excluding carboxylic acids is 1. The topological polar surface area (TPSA) is 39.2 Å². The highest BCUT2D eigenvalue weighted by molar-refractivity contribution is 9.10. The summed E-state index contributed by atoms with van der Waals surface area (Å²) in [5.41, 5.74) is 2.19. The minimum atomic E-state index is -0.158. The first-order valence-corrected chi connectivity index (χ1v) is 8.18. The van der Waals surface area contributed by atoms with Crippen molar-refractivity contribution < 1.29 is 9.53 Å². The van der Waals surface area contributed by atoms with E-state index in [0.717, 1.165) is 21.6 Å². The molecule has 0 aliphatic rings. The molecule has 20 heavy (non-hydrogen) atoms. The zero-order chi connectivity index (χ0) is 14.4. The normalized spacial score (nSPS) is 10.5. The van der Waals surface area contributed by atoms with Gasteiger partial charge in [-0.15, -0.1) is 11.3 Å². The van der Waals surface area contributed by atoms with Gasteiger partial charge in [0.15, 0.2) is 0 Å². The molecule has 5 heteroatoms. The number of hydrogen-bond acceptors (Lipinski definition) is 4. The molecule has 3 nitrogen and oxygen atoms in total. The molecule has 0 saturated heterocycles. The van der Waals surface area contributed by atoms with E-state index >= 15 is 0 Å². The number of hydrogen-bond donors (Lipinski definition) is 0. The summed E-state index contributed by atoms with van der Waals surface area (Å²) in [7, 11) is 0. The number of rotatable bonds is 6. The smallest absolute Gasteiger partial charge is 0.306 e. The minimum absolute atomic E-state index is 0.158. The van der Waals surface area contributed by atoms with Crippen molar-refractivity contribution in [1.82, 2.24) is 4.98 Å². The maximum absolute atomic E-state index is 11.3. The maximum atomic E-state index is 11.3. The molecule has 0 unspecified atom stereocenters. The maximum Gasteiger partial charge on any atom is 0.306 e. The van der Waals surface area contributed by atoms with Gasteiger partial charge in [0.25, 0.3) is 0 Å². The van der Waals surface area contributed by atoms with E-state index in [1.807, 2.05) is 24.4 Å². The Morgan fingerprint density at radius 2 is 2.30 bits per heavy atom. The quantitative estimate of drug-likeness (QED) is 0.737. The van der Waals surface area contributed by atoms with Gasteiger partial charge in [0, 0.05) is 22.7 Å². The van der Waals surface area contributed by atoms with Gasteiger partial charge in [-0.3, -0.25) is 4.79 Å². The highest BCUT2D eigenvalue weighted by Crippen LogP contribution is 2.18. The summed E-state index contributed by atoms with van der Waals surface area (Å²) in [5, 5.41) is 3.09. The van der Waals surface area contributed by atoms with Crippen LogP contribution in [0.4, 0.5) is 0 Å². The molecule has 2 rings (SSSR count). The van der Waals surface area contributed by atoms with Gasteiger partial charge in [0.2, 0.25) is 0 Å². The molecule has 0 aliphatic carbocycles. The first-order valence-electron chi connectivity index (χ1n) is 6.50. The van der Waals surface area contributed by atoms with Gasteiger partial charge >= 0.3 is 5.97 Å². The molecule has 0 aliphatic heterocycles. The fraction of sp³-hybridized carbons (Fsp3) is 0.333. The molecule has 0 radical (unpaired) electrons. The molecule has 1 aromatic heterocycles. The van der Waals surface area contributed by atoms with Crippen molar-refractivity contribution in [3.8, 4) is 0 Å². The molecular weight excluding hydrogens is 338 g/mol. The van der Waals surface area contributed by atoms with E-state index < -0.39 is 0 Å². The van der Waals surface area contributed by atoms with Crippen molar-refractivity contribution in [2.24, 2.45) is 0 Å². The number of ether oxygens (including phenoxy) is 1. The van der Waals surface area contributed by atoms with Crippen molar-refractivity contribution in [3.63, 3.8) is 0 Å². The van der Waals surface area contributed by atoms with E-state index in [1.54, 1.807) is 11.3 Å². The Hall–Kier alpha value is -1.20. The second kappa shape index (κ2) is 7.55. The van der Waals surface area contributed by atoms with Crippen LogP contribution in [0, 0.1) is 0 Å². The first-order chi connectivity index (χ1) is 9.67. The summed E-state index contributed by atoms with van der Waals surface area (Å²) in [6, 6.07) is 8.22. The standard InChI is InChI=1S/C15H16BrNO2S/c1-2-19-15(18)7-6-13-10-20-14(17-13)9-11-4-3-5-12(16)8-11/h3-5,8,10H,2,6-7,9H2,1H3. The zero-order valence-electron chi connectivity index (χ0n) is 11.3. The molecule has 0 N–H and O–H groups in total. The Kier molecular flexibility index (Phi) is 5.73. The average molecular weight is 354 g/mol. The molecule has 0 spiro atoms. The monoisotopic (exact) mass is 353 g/mol. The van der Waals surface area contributed by atoms with Gasteiger partial charge in [0.1, 0.15) is 0 Å². The van der Waals surface area contributed by atoms with Crippen LogP contribution in [0.1, 0.15) is 29.6 Å². The summed E-state index contributed by atoms with van der Waals surface area (Å²) in [4.78, 5) is 15.9. The van der Waals surface area contributed by atoms with Gasteiger partial charge in [0.05, 0.1) is 23.7 Å². The van der Waals surface area contributed by atoms with Crippen LogP contribution in [-0.4, -0.2) is 17.6 Å². The zero-order valence-corrected chi connectivity index (χ0v) is 13.7. The minimum Gasteiger partial charge on any atom is -0.466 e. The second-order valence-electron chi connectivity index (χ2n) is 4.34. The van der Waals surface area contributed by atoms with Crippen molar-refractivity contribution in [2.45, 2.75) is 26.2 Å². The number of aryl methyl sites for hydroxylation is 1. The lowest BCUT2D eigenvalue weighted by molar-refractivity contribution is -0.143. The van der Waals surface area contributed by atoms with Crippen LogP contribution in [0.25, 0.3) is 0 Å². The lowest BCUT2D eigenvalue weighted by Crippen LogP contribution is -2.05. The Labute approximate surface area is 131 Å². The fourth-order valence-corrected chi connectivity index (χ4v) is 3.14. The number of thiazole rings is 1. The van der Waals surface area contributed by atoms with E-state index in [0.29, 0.717) is 19.4 Å². The van der Waals surface area contributed by atoms with Crippen LogP contribution in [0.2, 0.25) is 0 Å². The Morgan fingerprint density at radius 1 is 1.45 bits per heavy atom. The lowest BCUT2D eigenvalue weighted by Gasteiger charge is -2.00. The summed E-state index contributed by atoms with van der Waals surface area (Å²) in [6.07, 6.45) is 1.87. The van der Waals surface area contributed by atoms with Crippen LogP contribution in [-0.2, 0) is 22.4 Å². The average Bonchev–Trinajstić information content (AvgIpc) is 2.84. The van der Waals surface area contributed by atoms with E-state index in [2.05, 4.69) is 33.0 Å². The number of benzene rings is 1. The van der Waals surface area contributed by atoms with Gasteiger partial charge in [-0.25, -0.2) is 4.98 Å². The van der Waals surface area contributed by atoms with Crippen LogP contribution in [0.15, 0.2) is 34.1 Å². The van der Waals surface area contributed by atoms with E-state index in [1.165, 1.54) is 5.56 Å². The predicted octanol–water partition coefficient (Wildman–Crippen LogP) is 3.99. The third-order valence-electron chi connectivity index (χ3n) is 2.73. The number of carbonyl (C=O) groups is 1. The van der Waals surface area contributed by atoms with E-state index in [4.69, 9.17) is 4.74 Å². The van der Waals surface area contributed by atoms with Crippen LogP contribution >= 0.6 is 27.3 Å². The molecule has 0 saturated carbocycles. The third kappa shape index (κ3) is 4.72. The SMILES string of the molecule is CCOC(=O)CCc1csc(Cc2cccc(Br)c2)n1. The van der Waals surface area contributed by atoms with Crippen LogP contribution in [0.5, 0.6) is 0 Å². The van der Waals surface area contributed by atoms with Crippen molar-refractivity contribution >= 4 is 33.2 Å². The lowest BCUT2D eigenvalue weighted by atomic mass is 10.2. The van der Waals surface area contributed by atoms with E-state index in [-0.39, 0.29) is 5.97 Å².